The van der Waals surface area contributed by atoms with Crippen LogP contribution in [0.25, 0.3) is 6.08 Å². The Morgan fingerprint density at radius 3 is 2.76 bits per heavy atom. The lowest BCUT2D eigenvalue weighted by Crippen LogP contribution is -2.04. The van der Waals surface area contributed by atoms with Gasteiger partial charge in [0.2, 0.25) is 0 Å². The summed E-state index contributed by atoms with van der Waals surface area (Å²) in [6, 6.07) is 9.77. The smallest absolute Gasteiger partial charge is 0.331 e. The fourth-order valence-corrected chi connectivity index (χ4v) is 2.05. The summed E-state index contributed by atoms with van der Waals surface area (Å²) in [6.07, 6.45) is 4.39. The van der Waals surface area contributed by atoms with E-state index in [9.17, 15) is 4.79 Å². The first-order valence-corrected chi connectivity index (χ1v) is 7.26. The van der Waals surface area contributed by atoms with Crippen molar-refractivity contribution in [1.29, 1.82) is 5.26 Å². The number of nitrogens with two attached hydrogens (primary N) is 2. The fourth-order valence-electron chi connectivity index (χ4n) is 2.05. The molecule has 0 aromatic heterocycles. The van der Waals surface area contributed by atoms with Crippen molar-refractivity contribution in [2.24, 2.45) is 0 Å². The van der Waals surface area contributed by atoms with Crippen molar-refractivity contribution in [2.45, 2.75) is 6.61 Å². The van der Waals surface area contributed by atoms with E-state index in [1.807, 2.05) is 0 Å². The summed E-state index contributed by atoms with van der Waals surface area (Å²) in [6.45, 7) is 0.0200. The first kappa shape index (κ1) is 17.7. The van der Waals surface area contributed by atoms with Crippen LogP contribution in [0.1, 0.15) is 11.1 Å². The van der Waals surface area contributed by atoms with Gasteiger partial charge in [0.25, 0.3) is 6.26 Å². The predicted octanol–water partition coefficient (Wildman–Crippen LogP) is 2.48. The van der Waals surface area contributed by atoms with Crippen LogP contribution in [0.2, 0.25) is 0 Å². The fraction of sp³-hybridized carbons (Fsp3) is 0.111. The summed E-state index contributed by atoms with van der Waals surface area (Å²) < 4.78 is 15.1. The Kier molecular flexibility index (Phi) is 5.85. The Bertz CT molecular complexity index is 841. The molecule has 7 heteroatoms. The zero-order valence-electron chi connectivity index (χ0n) is 13.6. The number of anilines is 2. The molecular weight excluding hydrogens is 322 g/mol. The number of nitrogen functional groups attached to an aromatic ring is 2. The van der Waals surface area contributed by atoms with Crippen LogP contribution in [0.5, 0.6) is 11.5 Å². The zero-order chi connectivity index (χ0) is 18.2. The number of hydrogen-bond acceptors (Lipinski definition) is 7. The first-order chi connectivity index (χ1) is 12.0. The van der Waals surface area contributed by atoms with Crippen LogP contribution in [-0.2, 0) is 16.1 Å². The molecule has 7 nitrogen and oxygen atoms in total. The molecule has 0 fully saturated rings. The maximum atomic E-state index is 11.9. The standard InChI is InChI=1S/C18H17N3O4/c1-23-17-9-15(25-11-19)5-2-12(17)3-7-18(22)24-10-13-8-14(20)4-6-16(13)21/h2-9H,10,20-21H2,1H3/b7-3+. The van der Waals surface area contributed by atoms with Crippen LogP contribution in [0.15, 0.2) is 42.5 Å². The van der Waals surface area contributed by atoms with Crippen molar-refractivity contribution in [3.8, 4) is 17.8 Å². The summed E-state index contributed by atoms with van der Waals surface area (Å²) in [5.41, 5.74) is 13.8. The molecule has 2 rings (SSSR count). The number of hydrogen-bond donors (Lipinski definition) is 2. The lowest BCUT2D eigenvalue weighted by atomic mass is 10.1. The number of carbonyl (C=O) groups excluding carboxylic acids is 1. The molecule has 0 spiro atoms. The number of ether oxygens (including phenoxy) is 3. The molecular formula is C18H17N3O4. The molecule has 0 atom stereocenters. The van der Waals surface area contributed by atoms with Gasteiger partial charge in [-0.05, 0) is 36.4 Å². The van der Waals surface area contributed by atoms with Gasteiger partial charge in [0.05, 0.1) is 7.11 Å². The number of nitriles is 1. The number of carbonyl (C=O) groups is 1. The Balaban J connectivity index is 2.02. The second-order valence-electron chi connectivity index (χ2n) is 5.00. The molecule has 0 bridgehead atoms. The molecule has 0 aliphatic heterocycles. The average molecular weight is 339 g/mol. The van der Waals surface area contributed by atoms with Crippen molar-refractivity contribution in [2.75, 3.05) is 18.6 Å². The largest absolute Gasteiger partial charge is 0.496 e. The van der Waals surface area contributed by atoms with Crippen molar-refractivity contribution >= 4 is 23.4 Å². The van der Waals surface area contributed by atoms with E-state index < -0.39 is 5.97 Å². The molecule has 0 radical (unpaired) electrons. The topological polar surface area (TPSA) is 121 Å². The minimum absolute atomic E-state index is 0.0200. The third kappa shape index (κ3) is 4.91. The van der Waals surface area contributed by atoms with E-state index in [4.69, 9.17) is 30.9 Å². The van der Waals surface area contributed by atoms with E-state index in [1.54, 1.807) is 48.7 Å². The lowest BCUT2D eigenvalue weighted by Gasteiger charge is -2.07. The van der Waals surface area contributed by atoms with Crippen LogP contribution in [0.3, 0.4) is 0 Å². The molecule has 25 heavy (non-hydrogen) atoms. The Hall–Kier alpha value is -3.66. The molecule has 0 amide bonds. The second-order valence-corrected chi connectivity index (χ2v) is 5.00. The molecule has 0 aliphatic carbocycles. The van der Waals surface area contributed by atoms with Crippen molar-refractivity contribution in [3.05, 3.63) is 53.6 Å². The number of esters is 1. The maximum absolute atomic E-state index is 11.9. The Morgan fingerprint density at radius 2 is 2.04 bits per heavy atom. The lowest BCUT2D eigenvalue weighted by molar-refractivity contribution is -0.138. The zero-order valence-corrected chi connectivity index (χ0v) is 13.6. The monoisotopic (exact) mass is 339 g/mol. The minimum atomic E-state index is -0.541. The summed E-state index contributed by atoms with van der Waals surface area (Å²) in [4.78, 5) is 11.9. The molecule has 4 N–H and O–H groups in total. The van der Waals surface area contributed by atoms with Gasteiger partial charge < -0.3 is 25.7 Å². The van der Waals surface area contributed by atoms with E-state index in [1.165, 1.54) is 13.2 Å². The van der Waals surface area contributed by atoms with Gasteiger partial charge in [-0.2, -0.15) is 0 Å². The molecule has 128 valence electrons. The van der Waals surface area contributed by atoms with Crippen LogP contribution in [0.4, 0.5) is 11.4 Å². The third-order valence-electron chi connectivity index (χ3n) is 3.30. The maximum Gasteiger partial charge on any atom is 0.331 e. The van der Waals surface area contributed by atoms with E-state index in [0.717, 1.165) is 0 Å². The quantitative estimate of drug-likeness (QED) is 0.359. The molecule has 2 aromatic rings. The Morgan fingerprint density at radius 1 is 1.24 bits per heavy atom. The summed E-state index contributed by atoms with van der Waals surface area (Å²) in [5.74, 6) is 0.259. The van der Waals surface area contributed by atoms with Gasteiger partial charge in [0.15, 0.2) is 0 Å². The average Bonchev–Trinajstić information content (AvgIpc) is 2.61. The molecule has 2 aromatic carbocycles. The Labute approximate surface area is 145 Å². The van der Waals surface area contributed by atoms with Gasteiger partial charge in [-0.25, -0.2) is 4.79 Å². The molecule has 0 aliphatic rings. The molecule has 0 saturated heterocycles. The van der Waals surface area contributed by atoms with E-state index in [0.29, 0.717) is 34.0 Å². The minimum Gasteiger partial charge on any atom is -0.496 e. The highest BCUT2D eigenvalue weighted by molar-refractivity contribution is 5.87. The van der Waals surface area contributed by atoms with Gasteiger partial charge in [-0.3, -0.25) is 0 Å². The molecule has 0 saturated carbocycles. The predicted molar refractivity (Wildman–Crippen MR) is 93.3 cm³/mol. The third-order valence-corrected chi connectivity index (χ3v) is 3.30. The van der Waals surface area contributed by atoms with Crippen molar-refractivity contribution < 1.29 is 19.0 Å². The van der Waals surface area contributed by atoms with Crippen LogP contribution < -0.4 is 20.9 Å². The van der Waals surface area contributed by atoms with Crippen molar-refractivity contribution in [3.63, 3.8) is 0 Å². The summed E-state index contributed by atoms with van der Waals surface area (Å²) in [7, 11) is 1.48. The second kappa shape index (κ2) is 8.26. The van der Waals surface area contributed by atoms with Crippen LogP contribution in [0, 0.1) is 11.5 Å². The molecule has 0 unspecified atom stereocenters. The van der Waals surface area contributed by atoms with Gasteiger partial charge in [-0.1, -0.05) is 0 Å². The molecule has 0 heterocycles. The summed E-state index contributed by atoms with van der Waals surface area (Å²) in [5, 5.41) is 8.51. The summed E-state index contributed by atoms with van der Waals surface area (Å²) >= 11 is 0. The van der Waals surface area contributed by atoms with E-state index >= 15 is 0 Å². The number of rotatable bonds is 6. The van der Waals surface area contributed by atoms with Gasteiger partial charge in [0, 0.05) is 34.6 Å². The van der Waals surface area contributed by atoms with Crippen LogP contribution in [-0.4, -0.2) is 13.1 Å². The number of nitrogens with zero attached hydrogens (tertiary/aromatic N) is 1. The highest BCUT2D eigenvalue weighted by Crippen LogP contribution is 2.25. The van der Waals surface area contributed by atoms with Gasteiger partial charge in [0.1, 0.15) is 18.1 Å². The van der Waals surface area contributed by atoms with E-state index in [2.05, 4.69) is 0 Å². The van der Waals surface area contributed by atoms with E-state index in [-0.39, 0.29) is 6.61 Å². The number of benzene rings is 2. The van der Waals surface area contributed by atoms with Gasteiger partial charge in [-0.15, -0.1) is 5.26 Å². The van der Waals surface area contributed by atoms with Crippen molar-refractivity contribution in [1.82, 2.24) is 0 Å². The highest BCUT2D eigenvalue weighted by Gasteiger charge is 2.06. The first-order valence-electron chi connectivity index (χ1n) is 7.26. The van der Waals surface area contributed by atoms with Gasteiger partial charge >= 0.3 is 5.97 Å². The number of methoxy groups -OCH3 is 1. The van der Waals surface area contributed by atoms with Crippen LogP contribution >= 0.6 is 0 Å². The normalized spacial score (nSPS) is 10.2. The highest BCUT2D eigenvalue weighted by atomic mass is 16.5. The SMILES string of the molecule is COc1cc(OC#N)ccc1/C=C/C(=O)OCc1cc(N)ccc1N.